The van der Waals surface area contributed by atoms with Gasteiger partial charge in [-0.25, -0.2) is 0 Å². The highest BCUT2D eigenvalue weighted by Gasteiger charge is 2.20. The first-order chi connectivity index (χ1) is 25.0. The Morgan fingerprint density at radius 1 is 0.490 bits per heavy atom. The summed E-state index contributed by atoms with van der Waals surface area (Å²) in [5.41, 5.74) is 0. The number of allylic oxidation sites excluding steroid dienone is 7. The number of hydrogen-bond donors (Lipinski definition) is 4. The largest absolute Gasteiger partial charge is 0.394 e. The van der Waals surface area contributed by atoms with E-state index in [2.05, 4.69) is 55.6 Å². The number of amides is 1. The van der Waals surface area contributed by atoms with Gasteiger partial charge in [-0.15, -0.1) is 0 Å². The first-order valence-electron chi connectivity index (χ1n) is 21.9. The molecule has 0 aliphatic rings. The van der Waals surface area contributed by atoms with Gasteiger partial charge in [-0.05, 0) is 64.2 Å². The number of rotatable bonds is 39. The molecule has 0 saturated carbocycles. The summed E-state index contributed by atoms with van der Waals surface area (Å²) < 4.78 is 0. The van der Waals surface area contributed by atoms with Gasteiger partial charge in [0.2, 0.25) is 5.91 Å². The van der Waals surface area contributed by atoms with E-state index in [0.29, 0.717) is 6.42 Å². The number of aliphatic hydroxyl groups excluding tert-OH is 3. The molecule has 0 heterocycles. The summed E-state index contributed by atoms with van der Waals surface area (Å²) in [5, 5.41) is 33.1. The smallest absolute Gasteiger partial charge is 0.222 e. The molecule has 51 heavy (non-hydrogen) atoms. The van der Waals surface area contributed by atoms with E-state index in [1.54, 1.807) is 6.08 Å². The molecule has 0 spiro atoms. The maximum atomic E-state index is 12.4. The summed E-state index contributed by atoms with van der Waals surface area (Å²) in [4.78, 5) is 12.4. The third-order valence-electron chi connectivity index (χ3n) is 9.82. The van der Waals surface area contributed by atoms with Crippen LogP contribution in [0.25, 0.3) is 0 Å². The van der Waals surface area contributed by atoms with Crippen molar-refractivity contribution in [2.24, 2.45) is 0 Å². The highest BCUT2D eigenvalue weighted by molar-refractivity contribution is 5.76. The van der Waals surface area contributed by atoms with E-state index >= 15 is 0 Å². The van der Waals surface area contributed by atoms with Gasteiger partial charge < -0.3 is 20.6 Å². The lowest BCUT2D eigenvalue weighted by molar-refractivity contribution is -0.124. The van der Waals surface area contributed by atoms with Crippen LogP contribution in [0.15, 0.2) is 48.6 Å². The second kappa shape index (κ2) is 41.1. The number of carbonyl (C=O) groups excluding carboxylic acids is 1. The predicted octanol–water partition coefficient (Wildman–Crippen LogP) is 12.5. The average Bonchev–Trinajstić information content (AvgIpc) is 3.12. The van der Waals surface area contributed by atoms with Gasteiger partial charge in [-0.3, -0.25) is 4.79 Å². The fraction of sp³-hybridized carbons (Fsp3) is 0.804. The molecule has 0 rings (SSSR count). The monoisotopic (exact) mass is 716 g/mol. The van der Waals surface area contributed by atoms with E-state index in [9.17, 15) is 20.1 Å². The van der Waals surface area contributed by atoms with Crippen molar-refractivity contribution in [3.8, 4) is 0 Å². The molecule has 0 aromatic heterocycles. The van der Waals surface area contributed by atoms with Crippen molar-refractivity contribution in [3.63, 3.8) is 0 Å². The number of aliphatic hydroxyl groups is 3. The van der Waals surface area contributed by atoms with Crippen molar-refractivity contribution >= 4 is 5.91 Å². The molecule has 1 amide bonds. The minimum atomic E-state index is -0.960. The lowest BCUT2D eigenvalue weighted by Crippen LogP contribution is -2.45. The molecule has 3 unspecified atom stereocenters. The van der Waals surface area contributed by atoms with Gasteiger partial charge in [-0.1, -0.05) is 191 Å². The molecule has 0 bridgehead atoms. The Labute approximate surface area is 316 Å². The van der Waals surface area contributed by atoms with Crippen LogP contribution in [-0.4, -0.2) is 46.1 Å². The summed E-state index contributed by atoms with van der Waals surface area (Å²) in [6.45, 7) is 4.14. The fourth-order valence-electron chi connectivity index (χ4n) is 6.41. The highest BCUT2D eigenvalue weighted by atomic mass is 16.3. The summed E-state index contributed by atoms with van der Waals surface area (Å²) >= 11 is 0. The normalized spacial score (nSPS) is 14.1. The van der Waals surface area contributed by atoms with Crippen LogP contribution < -0.4 is 5.32 Å². The van der Waals surface area contributed by atoms with Crippen LogP contribution in [0, 0.1) is 0 Å². The summed E-state index contributed by atoms with van der Waals surface area (Å²) in [7, 11) is 0. The Kier molecular flexibility index (Phi) is 39.7. The topological polar surface area (TPSA) is 89.8 Å². The van der Waals surface area contributed by atoms with Crippen molar-refractivity contribution in [1.82, 2.24) is 5.32 Å². The van der Waals surface area contributed by atoms with Crippen molar-refractivity contribution in [1.29, 1.82) is 0 Å². The first kappa shape index (κ1) is 49.3. The molecular formula is C46H85NO4. The van der Waals surface area contributed by atoms with Crippen molar-refractivity contribution in [3.05, 3.63) is 48.6 Å². The van der Waals surface area contributed by atoms with Crippen molar-refractivity contribution in [2.75, 3.05) is 6.61 Å². The Bertz CT molecular complexity index is 835. The fourth-order valence-corrected chi connectivity index (χ4v) is 6.41. The zero-order chi connectivity index (χ0) is 37.3. The zero-order valence-electron chi connectivity index (χ0n) is 33.7. The third kappa shape index (κ3) is 37.9. The van der Waals surface area contributed by atoms with Crippen LogP contribution in [0.1, 0.15) is 213 Å². The Morgan fingerprint density at radius 3 is 1.31 bits per heavy atom. The van der Waals surface area contributed by atoms with Crippen LogP contribution >= 0.6 is 0 Å². The van der Waals surface area contributed by atoms with Gasteiger partial charge in [0.1, 0.15) is 0 Å². The van der Waals surface area contributed by atoms with Crippen molar-refractivity contribution in [2.45, 2.75) is 231 Å². The van der Waals surface area contributed by atoms with Crippen molar-refractivity contribution < 1.29 is 20.1 Å². The summed E-state index contributed by atoms with van der Waals surface area (Å²) in [6.07, 6.45) is 52.6. The molecule has 0 fully saturated rings. The number of unbranched alkanes of at least 4 members (excludes halogenated alkanes) is 24. The average molecular weight is 716 g/mol. The number of carbonyl (C=O) groups is 1. The van der Waals surface area contributed by atoms with E-state index < -0.39 is 18.2 Å². The highest BCUT2D eigenvalue weighted by Crippen LogP contribution is 2.15. The molecule has 298 valence electrons. The molecule has 5 heteroatoms. The van der Waals surface area contributed by atoms with Gasteiger partial charge in [0, 0.05) is 0 Å². The quantitative estimate of drug-likeness (QED) is 0.0377. The summed E-state index contributed by atoms with van der Waals surface area (Å²) in [5.74, 6) is -0.333. The minimum Gasteiger partial charge on any atom is -0.394 e. The van der Waals surface area contributed by atoms with Crippen LogP contribution in [0.3, 0.4) is 0 Å². The molecular weight excluding hydrogens is 631 g/mol. The van der Waals surface area contributed by atoms with E-state index in [-0.39, 0.29) is 18.9 Å². The Balaban J connectivity index is 3.65. The van der Waals surface area contributed by atoms with Gasteiger partial charge in [0.05, 0.1) is 31.3 Å². The maximum absolute atomic E-state index is 12.4. The molecule has 4 N–H and O–H groups in total. The van der Waals surface area contributed by atoms with Gasteiger partial charge in [-0.2, -0.15) is 0 Å². The molecule has 0 radical (unpaired) electrons. The lowest BCUT2D eigenvalue weighted by Gasteiger charge is -2.21. The van der Waals surface area contributed by atoms with Gasteiger partial charge >= 0.3 is 0 Å². The first-order valence-corrected chi connectivity index (χ1v) is 21.9. The van der Waals surface area contributed by atoms with Crippen LogP contribution in [0.2, 0.25) is 0 Å². The molecule has 0 aromatic carbocycles. The van der Waals surface area contributed by atoms with E-state index in [4.69, 9.17) is 0 Å². The molecule has 0 saturated heterocycles. The maximum Gasteiger partial charge on any atom is 0.222 e. The zero-order valence-corrected chi connectivity index (χ0v) is 33.7. The molecule has 0 aromatic rings. The van der Waals surface area contributed by atoms with Crippen LogP contribution in [0.4, 0.5) is 0 Å². The van der Waals surface area contributed by atoms with Crippen LogP contribution in [-0.2, 0) is 4.79 Å². The molecule has 0 aliphatic carbocycles. The predicted molar refractivity (Wildman–Crippen MR) is 222 cm³/mol. The third-order valence-corrected chi connectivity index (χ3v) is 9.82. The summed E-state index contributed by atoms with van der Waals surface area (Å²) in [6, 6.07) is -0.768. The molecule has 5 nitrogen and oxygen atoms in total. The Morgan fingerprint density at radius 2 is 0.863 bits per heavy atom. The van der Waals surface area contributed by atoms with Gasteiger partial charge in [0.15, 0.2) is 0 Å². The lowest BCUT2D eigenvalue weighted by atomic mass is 10.0. The van der Waals surface area contributed by atoms with Gasteiger partial charge in [0.25, 0.3) is 0 Å². The number of hydrogen-bond acceptors (Lipinski definition) is 4. The van der Waals surface area contributed by atoms with E-state index in [1.807, 2.05) is 6.08 Å². The molecule has 0 aliphatic heterocycles. The number of nitrogens with one attached hydrogen (secondary N) is 1. The second-order valence-corrected chi connectivity index (χ2v) is 14.9. The second-order valence-electron chi connectivity index (χ2n) is 14.9. The standard InChI is InChI=1S/C46H85NO4/c1-3-5-7-9-11-13-15-17-18-19-20-21-22-23-24-25-26-27-28-29-31-33-35-37-39-43(49)41-46(51)47-44(42-48)45(50)40-38-36-34-32-30-16-14-12-10-8-6-4-2/h10,12,23-24,30,32,38,40,43-45,48-50H,3-9,11,13-22,25-29,31,33-37,39,41-42H2,1-2H3,(H,47,51)/b12-10+,24-23-,32-30+,40-38+. The van der Waals surface area contributed by atoms with E-state index in [1.165, 1.54) is 148 Å². The van der Waals surface area contributed by atoms with E-state index in [0.717, 1.165) is 38.5 Å². The Hall–Kier alpha value is -1.69. The minimum absolute atomic E-state index is 0.000670. The molecule has 3 atom stereocenters. The SMILES string of the molecule is CCCC/C=C/CC/C=C/CC/C=C/C(O)C(CO)NC(=O)CC(O)CCCCCCCCCC/C=C\CCCCCCCCCCCCCC. The van der Waals surface area contributed by atoms with Crippen LogP contribution in [0.5, 0.6) is 0 Å².